The number of hydrogen-bond acceptors (Lipinski definition) is 6. The van der Waals surface area contributed by atoms with Crippen LogP contribution in [-0.2, 0) is 14.6 Å². The molecule has 1 amide bonds. The molecular weight excluding hydrogens is 501 g/mol. The molecule has 0 atom stereocenters. The van der Waals surface area contributed by atoms with E-state index in [1.54, 1.807) is 35.2 Å². The van der Waals surface area contributed by atoms with Crippen molar-refractivity contribution in [3.05, 3.63) is 59.1 Å². The van der Waals surface area contributed by atoms with Crippen LogP contribution in [0.15, 0.2) is 53.4 Å². The molecule has 3 rings (SSSR count). The van der Waals surface area contributed by atoms with Gasteiger partial charge in [0.05, 0.1) is 15.1 Å². The standard InChI is InChI=1S/C23H26ClN3O3S2.ClH/c1-4-26(5-2)14-15-27(22(28)13-10-17-8-6-7-9-19(17)24)23-25-20-12-11-18(32(3,29)30)16-21(20)31-23;/h6-13,16H,4-5,14-15H2,1-3H3;1H. The molecule has 0 spiro atoms. The Balaban J connectivity index is 0.00000385. The van der Waals surface area contributed by atoms with Crippen LogP contribution in [-0.4, -0.2) is 56.6 Å². The van der Waals surface area contributed by atoms with Crippen molar-refractivity contribution in [2.24, 2.45) is 0 Å². The van der Waals surface area contributed by atoms with Crippen molar-refractivity contribution in [3.8, 4) is 0 Å². The number of halogens is 2. The van der Waals surface area contributed by atoms with Crippen molar-refractivity contribution in [2.45, 2.75) is 18.7 Å². The van der Waals surface area contributed by atoms with E-state index in [0.29, 0.717) is 28.8 Å². The van der Waals surface area contributed by atoms with Crippen LogP contribution in [0.4, 0.5) is 5.13 Å². The van der Waals surface area contributed by atoms with Gasteiger partial charge in [0, 0.05) is 30.4 Å². The monoisotopic (exact) mass is 527 g/mol. The maximum atomic E-state index is 13.2. The van der Waals surface area contributed by atoms with E-state index in [-0.39, 0.29) is 23.2 Å². The number of hydrogen-bond donors (Lipinski definition) is 0. The van der Waals surface area contributed by atoms with Gasteiger partial charge in [-0.1, -0.05) is 55.0 Å². The number of aromatic nitrogens is 1. The van der Waals surface area contributed by atoms with Crippen LogP contribution in [0, 0.1) is 0 Å². The molecule has 3 aromatic rings. The van der Waals surface area contributed by atoms with E-state index in [4.69, 9.17) is 11.6 Å². The lowest BCUT2D eigenvalue weighted by Gasteiger charge is -2.23. The van der Waals surface area contributed by atoms with Crippen molar-refractivity contribution < 1.29 is 13.2 Å². The quantitative estimate of drug-likeness (QED) is 0.359. The zero-order valence-corrected chi connectivity index (χ0v) is 21.9. The summed E-state index contributed by atoms with van der Waals surface area (Å²) < 4.78 is 24.5. The molecule has 178 valence electrons. The highest BCUT2D eigenvalue weighted by atomic mass is 35.5. The van der Waals surface area contributed by atoms with Crippen LogP contribution in [0.5, 0.6) is 0 Å². The number of carbonyl (C=O) groups is 1. The van der Waals surface area contributed by atoms with E-state index in [9.17, 15) is 13.2 Å². The highest BCUT2D eigenvalue weighted by molar-refractivity contribution is 7.90. The zero-order chi connectivity index (χ0) is 23.3. The Morgan fingerprint density at radius 2 is 1.82 bits per heavy atom. The number of carbonyl (C=O) groups excluding carboxylic acids is 1. The van der Waals surface area contributed by atoms with Gasteiger partial charge >= 0.3 is 0 Å². The summed E-state index contributed by atoms with van der Waals surface area (Å²) in [6, 6.07) is 12.1. The molecular formula is C23H27Cl2N3O3S2. The maximum Gasteiger partial charge on any atom is 0.252 e. The Morgan fingerprint density at radius 3 is 2.45 bits per heavy atom. The van der Waals surface area contributed by atoms with Crippen molar-refractivity contribution in [1.29, 1.82) is 0 Å². The average molecular weight is 529 g/mol. The molecule has 33 heavy (non-hydrogen) atoms. The number of benzene rings is 2. The van der Waals surface area contributed by atoms with Gasteiger partial charge in [-0.15, -0.1) is 12.4 Å². The molecule has 1 aromatic heterocycles. The summed E-state index contributed by atoms with van der Waals surface area (Å²) in [4.78, 5) is 21.9. The van der Waals surface area contributed by atoms with Gasteiger partial charge in [0.2, 0.25) is 0 Å². The molecule has 2 aromatic carbocycles. The number of nitrogens with zero attached hydrogens (tertiary/aromatic N) is 3. The normalized spacial score (nSPS) is 11.8. The summed E-state index contributed by atoms with van der Waals surface area (Å²) in [6.45, 7) is 7.08. The minimum absolute atomic E-state index is 0. The van der Waals surface area contributed by atoms with E-state index in [2.05, 4.69) is 23.7 Å². The van der Waals surface area contributed by atoms with Crippen LogP contribution >= 0.6 is 35.3 Å². The van der Waals surface area contributed by atoms with Gasteiger partial charge in [-0.2, -0.15) is 0 Å². The van der Waals surface area contributed by atoms with Gasteiger partial charge < -0.3 is 4.90 Å². The lowest BCUT2D eigenvalue weighted by atomic mass is 10.2. The van der Waals surface area contributed by atoms with E-state index in [1.165, 1.54) is 23.7 Å². The van der Waals surface area contributed by atoms with Crippen LogP contribution in [0.1, 0.15) is 19.4 Å². The van der Waals surface area contributed by atoms with Gasteiger partial charge in [0.15, 0.2) is 15.0 Å². The Morgan fingerprint density at radius 1 is 1.12 bits per heavy atom. The predicted molar refractivity (Wildman–Crippen MR) is 141 cm³/mol. The van der Waals surface area contributed by atoms with E-state index < -0.39 is 9.84 Å². The minimum Gasteiger partial charge on any atom is -0.302 e. The summed E-state index contributed by atoms with van der Waals surface area (Å²) in [6.07, 6.45) is 4.37. The highest BCUT2D eigenvalue weighted by Crippen LogP contribution is 2.31. The molecule has 0 aliphatic carbocycles. The molecule has 0 unspecified atom stereocenters. The number of likely N-dealkylation sites (N-methyl/N-ethyl adjacent to an activating group) is 1. The molecule has 0 fully saturated rings. The Bertz CT molecular complexity index is 1240. The van der Waals surface area contributed by atoms with Crippen molar-refractivity contribution in [3.63, 3.8) is 0 Å². The molecule has 0 saturated heterocycles. The van der Waals surface area contributed by atoms with Crippen LogP contribution in [0.3, 0.4) is 0 Å². The average Bonchev–Trinajstić information content (AvgIpc) is 3.18. The second-order valence-electron chi connectivity index (χ2n) is 7.27. The van der Waals surface area contributed by atoms with Gasteiger partial charge in [-0.3, -0.25) is 9.69 Å². The van der Waals surface area contributed by atoms with Gasteiger partial charge in [-0.05, 0) is 49.0 Å². The Hall–Kier alpha value is -1.97. The summed E-state index contributed by atoms with van der Waals surface area (Å²) >= 11 is 7.51. The maximum absolute atomic E-state index is 13.2. The minimum atomic E-state index is -3.33. The summed E-state index contributed by atoms with van der Waals surface area (Å²) in [5.41, 5.74) is 1.42. The largest absolute Gasteiger partial charge is 0.302 e. The lowest BCUT2D eigenvalue weighted by Crippen LogP contribution is -2.38. The fourth-order valence-electron chi connectivity index (χ4n) is 3.18. The van der Waals surface area contributed by atoms with Crippen LogP contribution in [0.2, 0.25) is 5.02 Å². The first-order chi connectivity index (χ1) is 15.2. The topological polar surface area (TPSA) is 70.6 Å². The first-order valence-corrected chi connectivity index (χ1v) is 13.4. The summed E-state index contributed by atoms with van der Waals surface area (Å²) in [5, 5.41) is 1.10. The fourth-order valence-corrected chi connectivity index (χ4v) is 5.14. The van der Waals surface area contributed by atoms with Crippen molar-refractivity contribution >= 4 is 72.5 Å². The Kier molecular flexibility index (Phi) is 9.87. The molecule has 0 aliphatic rings. The molecule has 0 bridgehead atoms. The molecule has 10 heteroatoms. The van der Waals surface area contributed by atoms with Gasteiger partial charge in [0.1, 0.15) is 0 Å². The number of rotatable bonds is 9. The number of amides is 1. The van der Waals surface area contributed by atoms with Gasteiger partial charge in [0.25, 0.3) is 5.91 Å². The van der Waals surface area contributed by atoms with Crippen LogP contribution < -0.4 is 4.90 Å². The third kappa shape index (κ3) is 7.01. The fraction of sp³-hybridized carbons (Fsp3) is 0.304. The second-order valence-corrected chi connectivity index (χ2v) is 10.7. The summed E-state index contributed by atoms with van der Waals surface area (Å²) in [5.74, 6) is -0.209. The number of anilines is 1. The predicted octanol–water partition coefficient (Wildman–Crippen LogP) is 5.16. The number of fused-ring (bicyclic) bond motifs is 1. The second kappa shape index (κ2) is 11.9. The first-order valence-electron chi connectivity index (χ1n) is 10.3. The lowest BCUT2D eigenvalue weighted by molar-refractivity contribution is -0.114. The van der Waals surface area contributed by atoms with Crippen molar-refractivity contribution in [1.82, 2.24) is 9.88 Å². The molecule has 6 nitrogen and oxygen atoms in total. The van der Waals surface area contributed by atoms with E-state index in [1.807, 2.05) is 18.2 Å². The highest BCUT2D eigenvalue weighted by Gasteiger charge is 2.20. The van der Waals surface area contributed by atoms with Gasteiger partial charge in [-0.25, -0.2) is 13.4 Å². The molecule has 0 N–H and O–H groups in total. The zero-order valence-electron chi connectivity index (χ0n) is 18.7. The van der Waals surface area contributed by atoms with E-state index in [0.717, 1.165) is 23.4 Å². The third-order valence-electron chi connectivity index (χ3n) is 5.12. The summed E-state index contributed by atoms with van der Waals surface area (Å²) in [7, 11) is -3.33. The molecule has 0 radical (unpaired) electrons. The van der Waals surface area contributed by atoms with Crippen LogP contribution in [0.25, 0.3) is 16.3 Å². The molecule has 0 aliphatic heterocycles. The number of thiazole rings is 1. The SMILES string of the molecule is CCN(CC)CCN(C(=O)C=Cc1ccccc1Cl)c1nc2ccc(S(C)(=O)=O)cc2s1.Cl. The number of sulfone groups is 1. The van der Waals surface area contributed by atoms with Crippen molar-refractivity contribution in [2.75, 3.05) is 37.3 Å². The third-order valence-corrected chi connectivity index (χ3v) is 7.61. The Labute approximate surface area is 210 Å². The van der Waals surface area contributed by atoms with E-state index >= 15 is 0 Å². The molecule has 0 saturated carbocycles. The smallest absolute Gasteiger partial charge is 0.252 e. The first kappa shape index (κ1) is 27.3. The molecule has 1 heterocycles.